The van der Waals surface area contributed by atoms with Crippen molar-refractivity contribution in [1.82, 2.24) is 13.9 Å². The van der Waals surface area contributed by atoms with E-state index in [2.05, 4.69) is 15.7 Å². The lowest BCUT2D eigenvalue weighted by atomic mass is 9.77. The molecule has 9 nitrogen and oxygen atoms in total. The van der Waals surface area contributed by atoms with Gasteiger partial charge in [0.15, 0.2) is 11.5 Å². The third-order valence-corrected chi connectivity index (χ3v) is 9.92. The van der Waals surface area contributed by atoms with Crippen molar-refractivity contribution >= 4 is 20.0 Å². The number of methoxy groups -OCH3 is 2. The molecule has 3 heterocycles. The van der Waals surface area contributed by atoms with E-state index in [1.807, 2.05) is 6.07 Å². The van der Waals surface area contributed by atoms with Crippen molar-refractivity contribution in [3.8, 4) is 11.5 Å². The number of nitrogens with one attached hydrogen (secondary N) is 1. The molecule has 1 aromatic rings. The summed E-state index contributed by atoms with van der Waals surface area (Å²) in [4.78, 5) is 2.48. The average Bonchev–Trinajstić information content (AvgIpc) is 2.78. The molecule has 4 rings (SSSR count). The van der Waals surface area contributed by atoms with Crippen LogP contribution in [0.2, 0.25) is 0 Å². The van der Waals surface area contributed by atoms with Gasteiger partial charge in [-0.15, -0.1) is 0 Å². The molecule has 11 heteroatoms. The van der Waals surface area contributed by atoms with Crippen molar-refractivity contribution < 1.29 is 26.3 Å². The molecule has 0 aliphatic carbocycles. The van der Waals surface area contributed by atoms with Gasteiger partial charge in [0.2, 0.25) is 20.0 Å². The van der Waals surface area contributed by atoms with E-state index < -0.39 is 20.0 Å². The molecule has 33 heavy (non-hydrogen) atoms. The molecule has 1 aromatic carbocycles. The maximum absolute atomic E-state index is 13.3. The number of hydrogen-bond donors (Lipinski definition) is 1. The monoisotopic (exact) mass is 501 g/mol. The summed E-state index contributed by atoms with van der Waals surface area (Å²) < 4.78 is 64.5. The fraction of sp³-hybridized carbons (Fsp3) is 0.727. The quantitative estimate of drug-likeness (QED) is 0.536. The highest BCUT2D eigenvalue weighted by atomic mass is 32.2. The Morgan fingerprint density at radius 3 is 2.61 bits per heavy atom. The van der Waals surface area contributed by atoms with Crippen molar-refractivity contribution in [3.05, 3.63) is 23.3 Å². The van der Waals surface area contributed by atoms with E-state index in [0.29, 0.717) is 18.2 Å². The number of benzene rings is 1. The minimum atomic E-state index is -3.49. The van der Waals surface area contributed by atoms with Crippen molar-refractivity contribution in [2.24, 2.45) is 5.92 Å². The number of piperidine rings is 2. The molecule has 3 aliphatic rings. The summed E-state index contributed by atoms with van der Waals surface area (Å²) in [5.74, 6) is 1.70. The predicted octanol–water partition coefficient (Wildman–Crippen LogP) is 1.36. The van der Waals surface area contributed by atoms with E-state index in [-0.39, 0.29) is 30.8 Å². The largest absolute Gasteiger partial charge is 0.493 e. The first kappa shape index (κ1) is 24.7. The third-order valence-electron chi connectivity index (χ3n) is 7.22. The van der Waals surface area contributed by atoms with Crippen LogP contribution in [-0.2, 0) is 26.5 Å². The van der Waals surface area contributed by atoms with Crippen LogP contribution in [-0.4, -0.2) is 84.5 Å². The normalized spacial score (nSPS) is 26.2. The fourth-order valence-electron chi connectivity index (χ4n) is 5.79. The Bertz CT molecular complexity index is 1080. The van der Waals surface area contributed by atoms with Crippen LogP contribution in [0.15, 0.2) is 12.1 Å². The molecule has 186 valence electrons. The van der Waals surface area contributed by atoms with Crippen molar-refractivity contribution in [3.63, 3.8) is 0 Å². The van der Waals surface area contributed by atoms with Crippen LogP contribution in [0.5, 0.6) is 11.5 Å². The Morgan fingerprint density at radius 2 is 1.91 bits per heavy atom. The van der Waals surface area contributed by atoms with E-state index in [1.165, 1.54) is 5.56 Å². The molecule has 3 aliphatic heterocycles. The van der Waals surface area contributed by atoms with Crippen LogP contribution >= 0.6 is 0 Å². The smallest absolute Gasteiger partial charge is 0.214 e. The lowest BCUT2D eigenvalue weighted by Gasteiger charge is -2.52. The molecule has 3 atom stereocenters. The molecule has 0 bridgehead atoms. The van der Waals surface area contributed by atoms with Gasteiger partial charge in [-0.2, -0.15) is 4.31 Å². The number of hydrogen-bond acceptors (Lipinski definition) is 7. The molecule has 0 spiro atoms. The van der Waals surface area contributed by atoms with E-state index in [4.69, 9.17) is 9.47 Å². The van der Waals surface area contributed by atoms with Crippen LogP contribution in [0.25, 0.3) is 0 Å². The van der Waals surface area contributed by atoms with Crippen molar-refractivity contribution in [2.45, 2.75) is 44.2 Å². The summed E-state index contributed by atoms with van der Waals surface area (Å²) in [6, 6.07) is 4.07. The van der Waals surface area contributed by atoms with Gasteiger partial charge in [0.1, 0.15) is 0 Å². The van der Waals surface area contributed by atoms with Gasteiger partial charge in [0.05, 0.1) is 26.2 Å². The lowest BCUT2D eigenvalue weighted by Crippen LogP contribution is -2.57. The van der Waals surface area contributed by atoms with Gasteiger partial charge in [-0.1, -0.05) is 6.07 Å². The molecular formula is C22H35N3O6S2. The molecule has 0 saturated carbocycles. The number of sulfonamides is 2. The van der Waals surface area contributed by atoms with Gasteiger partial charge in [0.25, 0.3) is 0 Å². The average molecular weight is 502 g/mol. The van der Waals surface area contributed by atoms with Gasteiger partial charge in [0, 0.05) is 43.8 Å². The summed E-state index contributed by atoms with van der Waals surface area (Å²) in [6.45, 7) is 2.48. The maximum Gasteiger partial charge on any atom is 0.214 e. The zero-order valence-corrected chi connectivity index (χ0v) is 21.3. The van der Waals surface area contributed by atoms with E-state index >= 15 is 0 Å². The van der Waals surface area contributed by atoms with Crippen LogP contribution in [0.4, 0.5) is 0 Å². The molecule has 2 fully saturated rings. The summed E-state index contributed by atoms with van der Waals surface area (Å²) in [7, 11) is -3.52. The lowest BCUT2D eigenvalue weighted by molar-refractivity contribution is 0.0209. The van der Waals surface area contributed by atoms with Crippen molar-refractivity contribution in [1.29, 1.82) is 0 Å². The number of ether oxygens (including phenoxy) is 2. The first-order valence-corrected chi connectivity index (χ1v) is 15.1. The second-order valence-corrected chi connectivity index (χ2v) is 13.2. The predicted molar refractivity (Wildman–Crippen MR) is 127 cm³/mol. The minimum Gasteiger partial charge on any atom is -0.493 e. The minimum absolute atomic E-state index is 0.0547. The number of rotatable bonds is 8. The zero-order valence-electron chi connectivity index (χ0n) is 19.6. The number of nitrogens with zero attached hydrogens (tertiary/aromatic N) is 2. The first-order valence-electron chi connectivity index (χ1n) is 11.6. The van der Waals surface area contributed by atoms with Crippen LogP contribution in [0.3, 0.4) is 0 Å². The Kier molecular flexibility index (Phi) is 7.26. The second kappa shape index (κ2) is 9.69. The fourth-order valence-corrected chi connectivity index (χ4v) is 8.13. The third kappa shape index (κ3) is 5.17. The Labute approximate surface area is 197 Å². The highest BCUT2D eigenvalue weighted by Gasteiger charge is 2.46. The van der Waals surface area contributed by atoms with Gasteiger partial charge in [-0.25, -0.2) is 21.6 Å². The zero-order chi connectivity index (χ0) is 23.8. The summed E-state index contributed by atoms with van der Waals surface area (Å²) >= 11 is 0. The van der Waals surface area contributed by atoms with E-state index in [1.54, 1.807) is 18.5 Å². The topological polar surface area (TPSA) is 105 Å². The number of fused-ring (bicyclic) bond motifs is 4. The van der Waals surface area contributed by atoms with Crippen LogP contribution in [0, 0.1) is 5.92 Å². The van der Waals surface area contributed by atoms with Crippen LogP contribution < -0.4 is 14.2 Å². The van der Waals surface area contributed by atoms with Gasteiger partial charge in [-0.05, 0) is 49.7 Å². The molecule has 0 radical (unpaired) electrons. The summed E-state index contributed by atoms with van der Waals surface area (Å²) in [5.41, 5.74) is 2.37. The Balaban J connectivity index is 1.57. The SMILES string of the molecule is COc1ccc2c(c1OC)[C@@H]1C[C@H]3[C@H](CCCN3S(=O)(=O)CCCNS(C)(=O)=O)CN1CC2. The molecule has 0 unspecified atom stereocenters. The van der Waals surface area contributed by atoms with Gasteiger partial charge >= 0.3 is 0 Å². The first-order chi connectivity index (χ1) is 15.6. The summed E-state index contributed by atoms with van der Waals surface area (Å²) in [6.07, 6.45) is 4.88. The maximum atomic E-state index is 13.3. The molecular weight excluding hydrogens is 466 g/mol. The molecule has 0 amide bonds. The van der Waals surface area contributed by atoms with Crippen LogP contribution in [0.1, 0.15) is 42.9 Å². The molecule has 1 N–H and O–H groups in total. The van der Waals surface area contributed by atoms with E-state index in [9.17, 15) is 16.8 Å². The van der Waals surface area contributed by atoms with Gasteiger partial charge in [-0.3, -0.25) is 4.90 Å². The summed E-state index contributed by atoms with van der Waals surface area (Å²) in [5, 5.41) is 0. The standard InChI is InChI=1S/C22H35N3O6S2/c1-30-20-8-7-16-9-12-24-15-17-6-4-11-25(18(17)14-19(24)21(16)22(20)31-2)33(28,29)13-5-10-23-32(3,26)27/h7-8,17-19,23H,4-6,9-15H2,1-3H3/t17-,18+,19+/m1/s1. The Morgan fingerprint density at radius 1 is 1.12 bits per heavy atom. The Hall–Kier alpha value is -1.40. The molecule has 2 saturated heterocycles. The second-order valence-electron chi connectivity index (χ2n) is 9.29. The highest BCUT2D eigenvalue weighted by molar-refractivity contribution is 7.89. The highest BCUT2D eigenvalue weighted by Crippen LogP contribution is 2.48. The van der Waals surface area contributed by atoms with Gasteiger partial charge < -0.3 is 9.47 Å². The molecule has 0 aromatic heterocycles. The van der Waals surface area contributed by atoms with Crippen molar-refractivity contribution in [2.75, 3.05) is 52.4 Å². The van der Waals surface area contributed by atoms with E-state index in [0.717, 1.165) is 56.3 Å².